The molecule has 0 amide bonds. The largest absolute Gasteiger partial charge is 0.438 e. The van der Waals surface area contributed by atoms with E-state index in [1.54, 1.807) is 65.8 Å². The minimum absolute atomic E-state index is 0.0915. The number of sulfonamides is 1. The molecule has 9 heteroatoms. The number of imidazole rings is 1. The number of nitrogens with one attached hydrogen (secondary N) is 1. The van der Waals surface area contributed by atoms with E-state index >= 15 is 0 Å². The van der Waals surface area contributed by atoms with Gasteiger partial charge in [-0.05, 0) is 42.8 Å². The Morgan fingerprint density at radius 1 is 1.03 bits per heavy atom. The summed E-state index contributed by atoms with van der Waals surface area (Å²) in [5.41, 5.74) is 2.21. The predicted octanol–water partition coefficient (Wildman–Crippen LogP) is 3.70. The first kappa shape index (κ1) is 19.6. The van der Waals surface area contributed by atoms with Crippen LogP contribution >= 0.6 is 0 Å². The zero-order chi connectivity index (χ0) is 21.0. The third-order valence-corrected chi connectivity index (χ3v) is 5.44. The van der Waals surface area contributed by atoms with Gasteiger partial charge in [0.25, 0.3) is 0 Å². The van der Waals surface area contributed by atoms with E-state index < -0.39 is 10.0 Å². The smallest absolute Gasteiger partial charge is 0.238 e. The van der Waals surface area contributed by atoms with Crippen molar-refractivity contribution in [2.24, 2.45) is 0 Å². The molecule has 0 bridgehead atoms. The number of rotatable bonds is 7. The number of anilines is 1. The van der Waals surface area contributed by atoms with Crippen LogP contribution in [0.15, 0.2) is 79.4 Å². The van der Waals surface area contributed by atoms with Gasteiger partial charge in [-0.25, -0.2) is 13.4 Å². The van der Waals surface area contributed by atoms with E-state index in [2.05, 4.69) is 19.9 Å². The molecule has 0 aliphatic carbocycles. The van der Waals surface area contributed by atoms with Gasteiger partial charge in [0.1, 0.15) is 12.1 Å². The minimum atomic E-state index is -3.52. The van der Waals surface area contributed by atoms with E-state index in [9.17, 15) is 8.42 Å². The van der Waals surface area contributed by atoms with E-state index in [-0.39, 0.29) is 5.75 Å². The third kappa shape index (κ3) is 5.00. The predicted molar refractivity (Wildman–Crippen MR) is 113 cm³/mol. The van der Waals surface area contributed by atoms with Gasteiger partial charge in [-0.3, -0.25) is 9.29 Å². The standard InChI is InChI=1S/C21H19N5O3S/c1-16-3-2-4-17(13-16)14-30(27,28)25-18-5-7-19(8-6-18)29-21-10-9-20(23-24-21)26-12-11-22-15-26/h2-13,15,25H,14H2,1H3. The maximum absolute atomic E-state index is 12.4. The van der Waals surface area contributed by atoms with Crippen LogP contribution in [0.3, 0.4) is 0 Å². The van der Waals surface area contributed by atoms with E-state index in [1.807, 2.05) is 25.1 Å². The normalized spacial score (nSPS) is 11.2. The van der Waals surface area contributed by atoms with E-state index in [1.165, 1.54) is 0 Å². The Labute approximate surface area is 174 Å². The average Bonchev–Trinajstić information content (AvgIpc) is 3.24. The fourth-order valence-corrected chi connectivity index (χ4v) is 4.03. The van der Waals surface area contributed by atoms with Gasteiger partial charge < -0.3 is 4.74 Å². The summed E-state index contributed by atoms with van der Waals surface area (Å²) >= 11 is 0. The zero-order valence-electron chi connectivity index (χ0n) is 16.1. The molecule has 2 heterocycles. The summed E-state index contributed by atoms with van der Waals surface area (Å²) in [6, 6.07) is 17.5. The summed E-state index contributed by atoms with van der Waals surface area (Å²) in [6.45, 7) is 1.93. The number of benzene rings is 2. The highest BCUT2D eigenvalue weighted by Gasteiger charge is 2.12. The number of nitrogens with zero attached hydrogens (tertiary/aromatic N) is 4. The lowest BCUT2D eigenvalue weighted by Gasteiger charge is -2.10. The lowest BCUT2D eigenvalue weighted by Crippen LogP contribution is -2.15. The van der Waals surface area contributed by atoms with Gasteiger partial charge in [0.2, 0.25) is 15.9 Å². The first-order chi connectivity index (χ1) is 14.5. The second-order valence-corrected chi connectivity index (χ2v) is 8.40. The Hall–Kier alpha value is -3.72. The highest BCUT2D eigenvalue weighted by Crippen LogP contribution is 2.22. The Bertz CT molecular complexity index is 1220. The molecule has 0 unspecified atom stereocenters. The molecule has 8 nitrogen and oxygen atoms in total. The van der Waals surface area contributed by atoms with Gasteiger partial charge in [-0.2, -0.15) is 0 Å². The van der Waals surface area contributed by atoms with Gasteiger partial charge >= 0.3 is 0 Å². The summed E-state index contributed by atoms with van der Waals surface area (Å²) in [4.78, 5) is 3.96. The van der Waals surface area contributed by atoms with Crippen LogP contribution in [0.5, 0.6) is 11.6 Å². The van der Waals surface area contributed by atoms with Crippen molar-refractivity contribution in [1.82, 2.24) is 19.7 Å². The Kier molecular flexibility index (Phi) is 5.44. The minimum Gasteiger partial charge on any atom is -0.438 e. The van der Waals surface area contributed by atoms with Crippen LogP contribution in [0, 0.1) is 6.92 Å². The number of aryl methyl sites for hydroxylation is 1. The fourth-order valence-electron chi connectivity index (χ4n) is 2.85. The number of aromatic nitrogens is 4. The Morgan fingerprint density at radius 2 is 1.87 bits per heavy atom. The third-order valence-electron chi connectivity index (χ3n) is 4.18. The van der Waals surface area contributed by atoms with Crippen LogP contribution < -0.4 is 9.46 Å². The number of hydrogen-bond acceptors (Lipinski definition) is 6. The van der Waals surface area contributed by atoms with Crippen molar-refractivity contribution in [3.05, 3.63) is 90.5 Å². The molecule has 0 radical (unpaired) electrons. The molecule has 4 rings (SSSR count). The molecule has 0 spiro atoms. The molecule has 0 fully saturated rings. The van der Waals surface area contributed by atoms with Crippen molar-refractivity contribution >= 4 is 15.7 Å². The topological polar surface area (TPSA) is 99.0 Å². The van der Waals surface area contributed by atoms with Crippen LogP contribution in [-0.4, -0.2) is 28.2 Å². The van der Waals surface area contributed by atoms with Crippen LogP contribution in [-0.2, 0) is 15.8 Å². The number of hydrogen-bond donors (Lipinski definition) is 1. The molecule has 0 aliphatic rings. The summed E-state index contributed by atoms with van der Waals surface area (Å²) in [5, 5.41) is 8.12. The molecular weight excluding hydrogens is 402 g/mol. The molecule has 2 aromatic heterocycles. The van der Waals surface area contributed by atoms with Crippen LogP contribution in [0.25, 0.3) is 5.82 Å². The van der Waals surface area contributed by atoms with E-state index in [0.717, 1.165) is 11.1 Å². The molecule has 0 saturated carbocycles. The summed E-state index contributed by atoms with van der Waals surface area (Å²) < 4.78 is 34.8. The van der Waals surface area contributed by atoms with Crippen molar-refractivity contribution in [2.75, 3.05) is 4.72 Å². The maximum Gasteiger partial charge on any atom is 0.238 e. The molecule has 0 aliphatic heterocycles. The highest BCUT2D eigenvalue weighted by molar-refractivity contribution is 7.91. The van der Waals surface area contributed by atoms with Crippen molar-refractivity contribution in [3.8, 4) is 17.4 Å². The molecule has 30 heavy (non-hydrogen) atoms. The first-order valence-corrected chi connectivity index (χ1v) is 10.8. The molecule has 0 atom stereocenters. The van der Waals surface area contributed by atoms with Crippen molar-refractivity contribution in [2.45, 2.75) is 12.7 Å². The summed E-state index contributed by atoms with van der Waals surface area (Å²) in [6.07, 6.45) is 5.05. The van der Waals surface area contributed by atoms with E-state index in [4.69, 9.17) is 4.74 Å². The van der Waals surface area contributed by atoms with E-state index in [0.29, 0.717) is 23.1 Å². The lowest BCUT2D eigenvalue weighted by molar-refractivity contribution is 0.454. The fraction of sp³-hybridized carbons (Fsp3) is 0.0952. The van der Waals surface area contributed by atoms with Crippen molar-refractivity contribution in [3.63, 3.8) is 0 Å². The monoisotopic (exact) mass is 421 g/mol. The SMILES string of the molecule is Cc1cccc(CS(=O)(=O)Nc2ccc(Oc3ccc(-n4ccnc4)nn3)cc2)c1. The van der Waals surface area contributed by atoms with Crippen LogP contribution in [0.1, 0.15) is 11.1 Å². The summed E-state index contributed by atoms with van der Waals surface area (Å²) in [7, 11) is -3.52. The van der Waals surface area contributed by atoms with Gasteiger partial charge in [0, 0.05) is 24.1 Å². The summed E-state index contributed by atoms with van der Waals surface area (Å²) in [5.74, 6) is 1.37. The van der Waals surface area contributed by atoms with Crippen LogP contribution in [0.4, 0.5) is 5.69 Å². The van der Waals surface area contributed by atoms with Gasteiger partial charge in [0.05, 0.1) is 5.75 Å². The molecule has 1 N–H and O–H groups in total. The van der Waals surface area contributed by atoms with Gasteiger partial charge in [-0.1, -0.05) is 29.8 Å². The van der Waals surface area contributed by atoms with Crippen molar-refractivity contribution in [1.29, 1.82) is 0 Å². The second kappa shape index (κ2) is 8.34. The average molecular weight is 421 g/mol. The first-order valence-electron chi connectivity index (χ1n) is 9.13. The Morgan fingerprint density at radius 3 is 2.53 bits per heavy atom. The lowest BCUT2D eigenvalue weighted by atomic mass is 10.2. The molecule has 4 aromatic rings. The quantitative estimate of drug-likeness (QED) is 0.488. The molecule has 152 valence electrons. The van der Waals surface area contributed by atoms with Crippen molar-refractivity contribution < 1.29 is 13.2 Å². The van der Waals surface area contributed by atoms with Crippen LogP contribution in [0.2, 0.25) is 0 Å². The second-order valence-electron chi connectivity index (χ2n) is 6.68. The number of ether oxygens (including phenoxy) is 1. The molecule has 2 aromatic carbocycles. The Balaban J connectivity index is 1.39. The highest BCUT2D eigenvalue weighted by atomic mass is 32.2. The zero-order valence-corrected chi connectivity index (χ0v) is 17.0. The van der Waals surface area contributed by atoms with Gasteiger partial charge in [-0.15, -0.1) is 10.2 Å². The maximum atomic E-state index is 12.4. The van der Waals surface area contributed by atoms with Gasteiger partial charge in [0.15, 0.2) is 5.82 Å². The molecule has 0 saturated heterocycles. The molecular formula is C21H19N5O3S.